The molecule has 0 spiro atoms. The number of nitrogens with one attached hydrogen (secondary N) is 2. The van der Waals surface area contributed by atoms with Gasteiger partial charge in [-0.2, -0.15) is 20.1 Å². The SMILES string of the molecule is Cc1cc(Br)c(Nc2nc(N/N=C\c3ccccc3OCc3ccc(Cl)cc3Cl)nc(N3CCOCC3)n2)cc1Cl. The first-order valence-electron chi connectivity index (χ1n) is 12.6. The average Bonchev–Trinajstić information content (AvgIpc) is 2.96. The van der Waals surface area contributed by atoms with Gasteiger partial charge in [-0.1, -0.05) is 53.0 Å². The Morgan fingerprint density at radius 3 is 2.59 bits per heavy atom. The summed E-state index contributed by atoms with van der Waals surface area (Å²) in [5.41, 5.74) is 6.18. The fourth-order valence-corrected chi connectivity index (χ4v) is 5.09. The van der Waals surface area contributed by atoms with E-state index in [1.54, 1.807) is 18.3 Å². The second kappa shape index (κ2) is 13.7. The smallest absolute Gasteiger partial charge is 0.250 e. The molecule has 0 amide bonds. The first-order valence-corrected chi connectivity index (χ1v) is 14.5. The summed E-state index contributed by atoms with van der Waals surface area (Å²) in [5.74, 6) is 1.74. The molecule has 1 saturated heterocycles. The number of benzene rings is 3. The van der Waals surface area contributed by atoms with Crippen LogP contribution in [0.3, 0.4) is 0 Å². The summed E-state index contributed by atoms with van der Waals surface area (Å²) in [6, 6.07) is 16.6. The molecule has 1 fully saturated rings. The van der Waals surface area contributed by atoms with E-state index in [4.69, 9.17) is 44.3 Å². The van der Waals surface area contributed by atoms with Gasteiger partial charge in [0.1, 0.15) is 12.4 Å². The van der Waals surface area contributed by atoms with Crippen LogP contribution < -0.4 is 20.4 Å². The minimum absolute atomic E-state index is 0.265. The summed E-state index contributed by atoms with van der Waals surface area (Å²) in [7, 11) is 0. The Morgan fingerprint density at radius 2 is 1.78 bits per heavy atom. The van der Waals surface area contributed by atoms with Crippen LogP contribution in [0.4, 0.5) is 23.5 Å². The molecule has 41 heavy (non-hydrogen) atoms. The van der Waals surface area contributed by atoms with Gasteiger partial charge in [0.25, 0.3) is 0 Å². The maximum atomic E-state index is 6.36. The van der Waals surface area contributed by atoms with Gasteiger partial charge in [0, 0.05) is 43.8 Å². The number of hydrazone groups is 1. The molecule has 1 aliphatic heterocycles. The van der Waals surface area contributed by atoms with Crippen LogP contribution in [0.2, 0.25) is 15.1 Å². The van der Waals surface area contributed by atoms with Crippen molar-refractivity contribution in [2.75, 3.05) is 41.9 Å². The van der Waals surface area contributed by atoms with Crippen molar-refractivity contribution in [3.63, 3.8) is 0 Å². The summed E-state index contributed by atoms with van der Waals surface area (Å²) in [5, 5.41) is 9.35. The first kappa shape index (κ1) is 29.3. The Labute approximate surface area is 261 Å². The molecule has 0 atom stereocenters. The Bertz CT molecular complexity index is 1570. The summed E-state index contributed by atoms with van der Waals surface area (Å²) in [4.78, 5) is 15.8. The monoisotopic (exact) mass is 675 g/mol. The lowest BCUT2D eigenvalue weighted by Crippen LogP contribution is -2.37. The van der Waals surface area contributed by atoms with E-state index in [0.29, 0.717) is 59.0 Å². The molecule has 0 saturated carbocycles. The molecule has 0 unspecified atom stereocenters. The molecule has 2 N–H and O–H groups in total. The molecular formula is C28H25BrCl3N7O2. The molecule has 1 aromatic heterocycles. The fraction of sp³-hybridized carbons (Fsp3) is 0.214. The summed E-state index contributed by atoms with van der Waals surface area (Å²) < 4.78 is 12.3. The van der Waals surface area contributed by atoms with E-state index >= 15 is 0 Å². The highest BCUT2D eigenvalue weighted by Gasteiger charge is 2.17. The lowest BCUT2D eigenvalue weighted by atomic mass is 10.2. The van der Waals surface area contributed by atoms with E-state index in [0.717, 1.165) is 26.9 Å². The van der Waals surface area contributed by atoms with E-state index in [-0.39, 0.29) is 12.6 Å². The average molecular weight is 678 g/mol. The summed E-state index contributed by atoms with van der Waals surface area (Å²) >= 11 is 22.2. The quantitative estimate of drug-likeness (QED) is 0.139. The van der Waals surface area contributed by atoms with Gasteiger partial charge in [-0.05, 0) is 64.8 Å². The highest BCUT2D eigenvalue weighted by Crippen LogP contribution is 2.31. The maximum Gasteiger partial charge on any atom is 0.250 e. The third-order valence-corrected chi connectivity index (χ3v) is 7.75. The second-order valence-electron chi connectivity index (χ2n) is 9.02. The Balaban J connectivity index is 1.35. The number of nitrogens with zero attached hydrogens (tertiary/aromatic N) is 5. The topological polar surface area (TPSA) is 96.8 Å². The van der Waals surface area contributed by atoms with Crippen LogP contribution in [0.1, 0.15) is 16.7 Å². The molecule has 0 radical (unpaired) electrons. The predicted octanol–water partition coefficient (Wildman–Crippen LogP) is 7.51. The highest BCUT2D eigenvalue weighted by atomic mass is 79.9. The fourth-order valence-electron chi connectivity index (χ4n) is 3.91. The number of hydrogen-bond acceptors (Lipinski definition) is 9. The number of hydrogen-bond donors (Lipinski definition) is 2. The molecular weight excluding hydrogens is 653 g/mol. The van der Waals surface area contributed by atoms with Gasteiger partial charge in [0.2, 0.25) is 17.8 Å². The van der Waals surface area contributed by atoms with Crippen LogP contribution in [0.25, 0.3) is 0 Å². The van der Waals surface area contributed by atoms with E-state index in [1.165, 1.54) is 0 Å². The van der Waals surface area contributed by atoms with E-state index in [1.807, 2.05) is 54.3 Å². The first-order chi connectivity index (χ1) is 19.9. The zero-order valence-corrected chi connectivity index (χ0v) is 25.7. The van der Waals surface area contributed by atoms with Gasteiger partial charge in [-0.25, -0.2) is 5.43 Å². The third kappa shape index (κ3) is 7.78. The number of rotatable bonds is 9. The largest absolute Gasteiger partial charge is 0.488 e. The van der Waals surface area contributed by atoms with Crippen molar-refractivity contribution in [1.82, 2.24) is 15.0 Å². The van der Waals surface area contributed by atoms with Crippen molar-refractivity contribution in [2.45, 2.75) is 13.5 Å². The van der Waals surface area contributed by atoms with Gasteiger partial charge in [-0.15, -0.1) is 0 Å². The normalized spacial score (nSPS) is 13.4. The minimum atomic E-state index is 0.265. The summed E-state index contributed by atoms with van der Waals surface area (Å²) in [6.45, 7) is 4.72. The molecule has 0 bridgehead atoms. The van der Waals surface area contributed by atoms with Crippen molar-refractivity contribution in [1.29, 1.82) is 0 Å². The molecule has 2 heterocycles. The molecule has 3 aromatic carbocycles. The van der Waals surface area contributed by atoms with Crippen molar-refractivity contribution in [2.24, 2.45) is 5.10 Å². The third-order valence-electron chi connectivity index (χ3n) is 6.10. The Hall–Kier alpha value is -3.15. The Morgan fingerprint density at radius 1 is 1.00 bits per heavy atom. The predicted molar refractivity (Wildman–Crippen MR) is 168 cm³/mol. The number of aryl methyl sites for hydroxylation is 1. The second-order valence-corrected chi connectivity index (χ2v) is 11.1. The van der Waals surface area contributed by atoms with Crippen LogP contribution >= 0.6 is 50.7 Å². The standard InChI is InChI=1S/C28H25BrCl3N7O2/c1-17-12-21(29)24(14-22(17)31)34-26-35-27(37-28(36-26)39-8-10-40-11-9-39)38-33-15-18-4-2-3-5-25(18)41-16-19-6-7-20(30)13-23(19)32/h2-7,12-15H,8-11,16H2,1H3,(H2,34,35,36,37,38)/b33-15-. The van der Waals surface area contributed by atoms with Crippen molar-refractivity contribution in [3.05, 3.63) is 90.8 Å². The summed E-state index contributed by atoms with van der Waals surface area (Å²) in [6.07, 6.45) is 1.64. The van der Waals surface area contributed by atoms with E-state index in [9.17, 15) is 0 Å². The molecule has 4 aromatic rings. The number of morpholine rings is 1. The van der Waals surface area contributed by atoms with Crippen LogP contribution in [-0.4, -0.2) is 47.5 Å². The highest BCUT2D eigenvalue weighted by molar-refractivity contribution is 9.10. The zero-order chi connectivity index (χ0) is 28.8. The Kier molecular flexibility index (Phi) is 9.79. The number of halogens is 4. The molecule has 212 valence electrons. The molecule has 13 heteroatoms. The van der Waals surface area contributed by atoms with E-state index in [2.05, 4.69) is 46.7 Å². The molecule has 0 aliphatic carbocycles. The molecule has 9 nitrogen and oxygen atoms in total. The lowest BCUT2D eigenvalue weighted by Gasteiger charge is -2.27. The number of para-hydroxylation sites is 1. The van der Waals surface area contributed by atoms with Crippen molar-refractivity contribution >= 4 is 80.5 Å². The van der Waals surface area contributed by atoms with Crippen LogP contribution in [0.5, 0.6) is 5.75 Å². The van der Waals surface area contributed by atoms with E-state index < -0.39 is 0 Å². The van der Waals surface area contributed by atoms with Crippen molar-refractivity contribution in [3.8, 4) is 5.75 Å². The van der Waals surface area contributed by atoms with Gasteiger partial charge >= 0.3 is 0 Å². The van der Waals surface area contributed by atoms with Gasteiger partial charge in [-0.3, -0.25) is 0 Å². The molecule has 1 aliphatic rings. The van der Waals surface area contributed by atoms with Crippen LogP contribution in [0.15, 0.2) is 64.2 Å². The van der Waals surface area contributed by atoms with Crippen molar-refractivity contribution < 1.29 is 9.47 Å². The molecule has 5 rings (SSSR count). The number of ether oxygens (including phenoxy) is 2. The van der Waals surface area contributed by atoms with Gasteiger partial charge < -0.3 is 19.7 Å². The van der Waals surface area contributed by atoms with Crippen LogP contribution in [-0.2, 0) is 11.3 Å². The lowest BCUT2D eigenvalue weighted by molar-refractivity contribution is 0.122. The number of aromatic nitrogens is 3. The van der Waals surface area contributed by atoms with Crippen LogP contribution in [0, 0.1) is 6.92 Å². The zero-order valence-electron chi connectivity index (χ0n) is 21.9. The van der Waals surface area contributed by atoms with Gasteiger partial charge in [0.15, 0.2) is 0 Å². The minimum Gasteiger partial charge on any atom is -0.488 e. The maximum absolute atomic E-state index is 6.36. The number of anilines is 4. The van der Waals surface area contributed by atoms with Gasteiger partial charge in [0.05, 0.1) is 25.1 Å².